The van der Waals surface area contributed by atoms with E-state index in [0.29, 0.717) is 23.1 Å². The first-order chi connectivity index (χ1) is 22.4. The summed E-state index contributed by atoms with van der Waals surface area (Å²) in [7, 11) is 2.63. The molecule has 0 aromatic heterocycles. The molecule has 4 aromatic rings. The Morgan fingerprint density at radius 1 is 0.766 bits per heavy atom. The standard InChI is InChI=1S/C34H29F3N2O8/c1-45-26-12-3-21(4-13-26)17-30(40)38-25-10-7-23(8-11-25)32(43)39(20-31(41)42)19-22-5-14-27(15-6-22)47-33(44)24-9-16-29(46-2)28(18-24)34(35,36)37/h3-16,18H,17,19-20H2,1-2H3,(H,38,40)(H,41,42). The van der Waals surface area contributed by atoms with E-state index in [1.807, 2.05) is 0 Å². The number of amides is 2. The highest BCUT2D eigenvalue weighted by Crippen LogP contribution is 2.37. The number of carbonyl (C=O) groups is 4. The van der Waals surface area contributed by atoms with Gasteiger partial charge in [0.1, 0.15) is 23.8 Å². The number of hydrogen-bond acceptors (Lipinski definition) is 7. The van der Waals surface area contributed by atoms with Crippen LogP contribution in [0.2, 0.25) is 0 Å². The molecule has 244 valence electrons. The van der Waals surface area contributed by atoms with Crippen LogP contribution in [0, 0.1) is 0 Å². The van der Waals surface area contributed by atoms with Gasteiger partial charge in [0.05, 0.1) is 31.8 Å². The highest BCUT2D eigenvalue weighted by molar-refractivity contribution is 5.97. The number of anilines is 1. The van der Waals surface area contributed by atoms with Crippen molar-refractivity contribution in [2.24, 2.45) is 0 Å². The third-order valence-electron chi connectivity index (χ3n) is 6.80. The normalized spacial score (nSPS) is 10.9. The van der Waals surface area contributed by atoms with Crippen molar-refractivity contribution in [1.82, 2.24) is 4.90 Å². The smallest absolute Gasteiger partial charge is 0.419 e. The van der Waals surface area contributed by atoms with E-state index in [2.05, 4.69) is 5.32 Å². The molecule has 4 aromatic carbocycles. The second kappa shape index (κ2) is 15.0. The van der Waals surface area contributed by atoms with Crippen LogP contribution >= 0.6 is 0 Å². The third-order valence-corrected chi connectivity index (χ3v) is 6.80. The van der Waals surface area contributed by atoms with Crippen LogP contribution in [-0.2, 0) is 28.7 Å². The maximum absolute atomic E-state index is 13.3. The number of carbonyl (C=O) groups excluding carboxylic acids is 3. The van der Waals surface area contributed by atoms with Gasteiger partial charge in [0.15, 0.2) is 0 Å². The van der Waals surface area contributed by atoms with Gasteiger partial charge in [0.2, 0.25) is 5.91 Å². The summed E-state index contributed by atoms with van der Waals surface area (Å²) < 4.78 is 55.0. The van der Waals surface area contributed by atoms with Gasteiger partial charge in [-0.2, -0.15) is 13.2 Å². The Balaban J connectivity index is 1.39. The quantitative estimate of drug-likeness (QED) is 0.144. The summed E-state index contributed by atoms with van der Waals surface area (Å²) in [5.41, 5.74) is 0.426. The molecule has 4 rings (SSSR count). The molecular weight excluding hydrogens is 621 g/mol. The molecular formula is C34H29F3N2O8. The molecule has 0 radical (unpaired) electrons. The third kappa shape index (κ3) is 9.33. The number of nitrogens with zero attached hydrogens (tertiary/aromatic N) is 1. The minimum atomic E-state index is -4.75. The zero-order valence-electron chi connectivity index (χ0n) is 25.2. The number of ether oxygens (including phenoxy) is 3. The molecule has 0 aliphatic carbocycles. The van der Waals surface area contributed by atoms with Crippen LogP contribution in [0.1, 0.15) is 37.4 Å². The van der Waals surface area contributed by atoms with Crippen LogP contribution in [0.5, 0.6) is 17.2 Å². The van der Waals surface area contributed by atoms with Crippen molar-refractivity contribution in [2.75, 3.05) is 26.1 Å². The van der Waals surface area contributed by atoms with Gasteiger partial charge in [0.25, 0.3) is 5.91 Å². The van der Waals surface area contributed by atoms with Crippen molar-refractivity contribution in [1.29, 1.82) is 0 Å². The Hall–Kier alpha value is -5.85. The number of aliphatic carboxylic acids is 1. The molecule has 0 aliphatic rings. The molecule has 0 saturated heterocycles. The number of hydrogen-bond donors (Lipinski definition) is 2. The number of halogens is 3. The zero-order chi connectivity index (χ0) is 34.1. The van der Waals surface area contributed by atoms with Crippen LogP contribution in [0.25, 0.3) is 0 Å². The minimum absolute atomic E-state index is 0.0175. The summed E-state index contributed by atoms with van der Waals surface area (Å²) in [6, 6.07) is 21.5. The first-order valence-corrected chi connectivity index (χ1v) is 14.0. The molecule has 0 bridgehead atoms. The van der Waals surface area contributed by atoms with Gasteiger partial charge >= 0.3 is 18.1 Å². The summed E-state index contributed by atoms with van der Waals surface area (Å²) in [5.74, 6) is -2.89. The maximum Gasteiger partial charge on any atom is 0.419 e. The molecule has 0 saturated carbocycles. The van der Waals surface area contributed by atoms with Crippen LogP contribution in [0.4, 0.5) is 18.9 Å². The Morgan fingerprint density at radius 3 is 1.94 bits per heavy atom. The average molecular weight is 651 g/mol. The molecule has 0 unspecified atom stereocenters. The first-order valence-electron chi connectivity index (χ1n) is 14.0. The fourth-order valence-corrected chi connectivity index (χ4v) is 4.48. The molecule has 0 heterocycles. The van der Waals surface area contributed by atoms with Crippen molar-refractivity contribution >= 4 is 29.4 Å². The number of methoxy groups -OCH3 is 2. The van der Waals surface area contributed by atoms with E-state index in [-0.39, 0.29) is 35.7 Å². The van der Waals surface area contributed by atoms with E-state index in [1.54, 1.807) is 31.4 Å². The first kappa shape index (κ1) is 34.0. The summed E-state index contributed by atoms with van der Waals surface area (Å²) in [6.07, 6.45) is -4.63. The Morgan fingerprint density at radius 2 is 1.36 bits per heavy atom. The lowest BCUT2D eigenvalue weighted by molar-refractivity contribution is -0.139. The molecule has 0 aliphatic heterocycles. The van der Waals surface area contributed by atoms with Crippen molar-refractivity contribution in [2.45, 2.75) is 19.1 Å². The monoisotopic (exact) mass is 650 g/mol. The van der Waals surface area contributed by atoms with Gasteiger partial charge in [-0.3, -0.25) is 14.4 Å². The number of esters is 1. The lowest BCUT2D eigenvalue weighted by Crippen LogP contribution is -2.35. The van der Waals surface area contributed by atoms with E-state index < -0.39 is 41.9 Å². The largest absolute Gasteiger partial charge is 0.497 e. The van der Waals surface area contributed by atoms with Gasteiger partial charge < -0.3 is 29.5 Å². The molecule has 0 fully saturated rings. The Labute approximate surface area is 267 Å². The van der Waals surface area contributed by atoms with E-state index >= 15 is 0 Å². The molecule has 47 heavy (non-hydrogen) atoms. The summed E-state index contributed by atoms with van der Waals surface area (Å²) in [4.78, 5) is 50.9. The lowest BCUT2D eigenvalue weighted by Gasteiger charge is -2.21. The summed E-state index contributed by atoms with van der Waals surface area (Å²) in [5, 5.41) is 12.2. The zero-order valence-corrected chi connectivity index (χ0v) is 25.2. The van der Waals surface area contributed by atoms with Crippen molar-refractivity contribution < 1.29 is 51.7 Å². The van der Waals surface area contributed by atoms with Crippen LogP contribution in [0.15, 0.2) is 91.0 Å². The van der Waals surface area contributed by atoms with Gasteiger partial charge in [-0.25, -0.2) is 4.79 Å². The van der Waals surface area contributed by atoms with E-state index in [0.717, 1.165) is 29.7 Å². The van der Waals surface area contributed by atoms with E-state index in [9.17, 15) is 37.5 Å². The number of benzene rings is 4. The number of carboxylic acids is 1. The minimum Gasteiger partial charge on any atom is -0.497 e. The number of carboxylic acid groups (broad SMARTS) is 1. The second-order valence-electron chi connectivity index (χ2n) is 10.2. The van der Waals surface area contributed by atoms with E-state index in [1.165, 1.54) is 48.5 Å². The number of alkyl halides is 3. The van der Waals surface area contributed by atoms with Crippen LogP contribution in [0.3, 0.4) is 0 Å². The van der Waals surface area contributed by atoms with Gasteiger partial charge in [-0.15, -0.1) is 0 Å². The van der Waals surface area contributed by atoms with Gasteiger partial charge in [-0.05, 0) is 77.9 Å². The summed E-state index contributed by atoms with van der Waals surface area (Å²) in [6.45, 7) is -0.734. The van der Waals surface area contributed by atoms with Crippen molar-refractivity contribution in [3.05, 3.63) is 119 Å². The summed E-state index contributed by atoms with van der Waals surface area (Å²) >= 11 is 0. The Bertz CT molecular complexity index is 1740. The second-order valence-corrected chi connectivity index (χ2v) is 10.2. The average Bonchev–Trinajstić information content (AvgIpc) is 3.04. The molecule has 0 spiro atoms. The molecule has 10 nitrogen and oxygen atoms in total. The number of nitrogens with one attached hydrogen (secondary N) is 1. The maximum atomic E-state index is 13.3. The predicted octanol–water partition coefficient (Wildman–Crippen LogP) is 5.85. The number of rotatable bonds is 12. The van der Waals surface area contributed by atoms with Crippen LogP contribution in [-0.4, -0.2) is 54.5 Å². The highest BCUT2D eigenvalue weighted by atomic mass is 19.4. The van der Waals surface area contributed by atoms with Gasteiger partial charge in [0, 0.05) is 17.8 Å². The lowest BCUT2D eigenvalue weighted by atomic mass is 10.1. The highest BCUT2D eigenvalue weighted by Gasteiger charge is 2.35. The molecule has 2 N–H and O–H groups in total. The fraction of sp³-hybridized carbons (Fsp3) is 0.176. The van der Waals surface area contributed by atoms with Gasteiger partial charge in [-0.1, -0.05) is 24.3 Å². The topological polar surface area (TPSA) is 131 Å². The predicted molar refractivity (Wildman–Crippen MR) is 164 cm³/mol. The SMILES string of the molecule is COc1ccc(CC(=O)Nc2ccc(C(=O)N(CC(=O)O)Cc3ccc(OC(=O)c4ccc(OC)c(C(F)(F)F)c4)cc3)cc2)cc1. The molecule has 2 amide bonds. The molecule has 0 atom stereocenters. The van der Waals surface area contributed by atoms with Crippen LogP contribution < -0.4 is 19.5 Å². The molecule has 13 heteroatoms. The van der Waals surface area contributed by atoms with Crippen molar-refractivity contribution in [3.8, 4) is 17.2 Å². The van der Waals surface area contributed by atoms with E-state index in [4.69, 9.17) is 14.2 Å². The van der Waals surface area contributed by atoms with Crippen molar-refractivity contribution in [3.63, 3.8) is 0 Å². The fourth-order valence-electron chi connectivity index (χ4n) is 4.48. The Kier molecular flexibility index (Phi) is 10.8.